The maximum Gasteiger partial charge on any atom is 0.190 e. The van der Waals surface area contributed by atoms with Crippen molar-refractivity contribution in [3.63, 3.8) is 0 Å². The largest absolute Gasteiger partial charge is 0.383 e. The first kappa shape index (κ1) is 16.7. The second-order valence-electron chi connectivity index (χ2n) is 5.89. The highest BCUT2D eigenvalue weighted by Gasteiger charge is 2.13. The summed E-state index contributed by atoms with van der Waals surface area (Å²) in [6.07, 6.45) is 0. The Balaban J connectivity index is 2.15. The molecule has 0 bridgehead atoms. The van der Waals surface area contributed by atoms with Gasteiger partial charge in [-0.1, -0.05) is 42.5 Å². The lowest BCUT2D eigenvalue weighted by Gasteiger charge is -2.16. The summed E-state index contributed by atoms with van der Waals surface area (Å²) >= 11 is 1.67. The average molecular weight is 338 g/mol. The summed E-state index contributed by atoms with van der Waals surface area (Å²) in [7, 11) is 1.74. The average Bonchev–Trinajstić information content (AvgIpc) is 2.99. The fourth-order valence-electron chi connectivity index (χ4n) is 2.77. The molecule has 0 radical (unpaired) electrons. The molecule has 0 aliphatic carbocycles. The number of hydrogen-bond acceptors (Lipinski definition) is 3. The Morgan fingerprint density at radius 1 is 1.12 bits per heavy atom. The van der Waals surface area contributed by atoms with Crippen LogP contribution in [-0.2, 0) is 4.74 Å². The van der Waals surface area contributed by atoms with E-state index in [-0.39, 0.29) is 6.04 Å². The molecular formula is C20H22N2OS. The van der Waals surface area contributed by atoms with Crippen LogP contribution in [0, 0.1) is 6.92 Å². The maximum absolute atomic E-state index is 5.38. The van der Waals surface area contributed by atoms with Crippen LogP contribution in [0.1, 0.15) is 18.5 Å². The van der Waals surface area contributed by atoms with E-state index in [9.17, 15) is 0 Å². The van der Waals surface area contributed by atoms with Crippen LogP contribution in [0.5, 0.6) is 0 Å². The van der Waals surface area contributed by atoms with Crippen LogP contribution in [0.25, 0.3) is 11.3 Å². The van der Waals surface area contributed by atoms with E-state index in [1.54, 1.807) is 18.4 Å². The molecule has 124 valence electrons. The first-order valence-electron chi connectivity index (χ1n) is 8.05. The molecule has 0 spiro atoms. The highest BCUT2D eigenvalue weighted by atomic mass is 32.1. The molecular weight excluding hydrogens is 316 g/mol. The number of aryl methyl sites for hydroxylation is 1. The normalized spacial score (nSPS) is 13.2. The lowest BCUT2D eigenvalue weighted by molar-refractivity contribution is 0.162. The molecule has 1 aromatic heterocycles. The third-order valence-corrected chi connectivity index (χ3v) is 4.73. The first-order valence-corrected chi connectivity index (χ1v) is 8.93. The van der Waals surface area contributed by atoms with Crippen LogP contribution in [0.3, 0.4) is 0 Å². The van der Waals surface area contributed by atoms with Crippen LogP contribution < -0.4 is 4.80 Å². The number of thiazole rings is 1. The van der Waals surface area contributed by atoms with E-state index in [4.69, 9.17) is 9.73 Å². The van der Waals surface area contributed by atoms with Gasteiger partial charge in [-0.05, 0) is 37.1 Å². The third-order valence-electron chi connectivity index (χ3n) is 3.89. The van der Waals surface area contributed by atoms with Crippen LogP contribution in [0.15, 0.2) is 65.0 Å². The van der Waals surface area contributed by atoms with Gasteiger partial charge in [0, 0.05) is 12.5 Å². The van der Waals surface area contributed by atoms with Gasteiger partial charge in [-0.15, -0.1) is 11.3 Å². The molecule has 0 aliphatic heterocycles. The standard InChI is InChI=1S/C20H22N2OS/c1-15-8-7-11-18(12-15)21-20-22(16(2)13-23-3)19(14-24-20)17-9-5-4-6-10-17/h4-12,14,16H,13H2,1-3H3/t16-/m1/s1. The topological polar surface area (TPSA) is 26.5 Å². The molecule has 0 fully saturated rings. The summed E-state index contributed by atoms with van der Waals surface area (Å²) in [6, 6.07) is 18.9. The van der Waals surface area contributed by atoms with Gasteiger partial charge in [0.05, 0.1) is 24.0 Å². The highest BCUT2D eigenvalue weighted by molar-refractivity contribution is 7.07. The number of ether oxygens (including phenoxy) is 1. The number of methoxy groups -OCH3 is 1. The van der Waals surface area contributed by atoms with Gasteiger partial charge in [-0.25, -0.2) is 4.99 Å². The smallest absolute Gasteiger partial charge is 0.190 e. The summed E-state index contributed by atoms with van der Waals surface area (Å²) < 4.78 is 7.65. The molecule has 0 saturated carbocycles. The summed E-state index contributed by atoms with van der Waals surface area (Å²) in [5.74, 6) is 0. The number of hydrogen-bond donors (Lipinski definition) is 0. The number of rotatable bonds is 5. The third kappa shape index (κ3) is 3.66. The van der Waals surface area contributed by atoms with Gasteiger partial charge in [0.15, 0.2) is 4.80 Å². The maximum atomic E-state index is 5.38. The van der Waals surface area contributed by atoms with Crippen molar-refractivity contribution in [2.24, 2.45) is 4.99 Å². The Morgan fingerprint density at radius 2 is 1.92 bits per heavy atom. The van der Waals surface area contributed by atoms with Crippen molar-refractivity contribution in [2.45, 2.75) is 19.9 Å². The number of aromatic nitrogens is 1. The molecule has 3 nitrogen and oxygen atoms in total. The van der Waals surface area contributed by atoms with E-state index in [1.165, 1.54) is 16.8 Å². The Morgan fingerprint density at radius 3 is 2.62 bits per heavy atom. The predicted molar refractivity (Wildman–Crippen MR) is 101 cm³/mol. The van der Waals surface area contributed by atoms with E-state index < -0.39 is 0 Å². The van der Waals surface area contributed by atoms with Gasteiger partial charge in [-0.3, -0.25) is 0 Å². The summed E-state index contributed by atoms with van der Waals surface area (Å²) in [6.45, 7) is 4.90. The summed E-state index contributed by atoms with van der Waals surface area (Å²) in [5, 5.41) is 2.18. The zero-order chi connectivity index (χ0) is 16.9. The molecule has 3 aromatic rings. The van der Waals surface area contributed by atoms with Crippen molar-refractivity contribution < 1.29 is 4.74 Å². The molecule has 0 saturated heterocycles. The van der Waals surface area contributed by atoms with Gasteiger partial charge < -0.3 is 9.30 Å². The van der Waals surface area contributed by atoms with Crippen molar-refractivity contribution in [3.05, 3.63) is 70.3 Å². The minimum absolute atomic E-state index is 0.208. The van der Waals surface area contributed by atoms with Crippen LogP contribution in [0.4, 0.5) is 5.69 Å². The lowest BCUT2D eigenvalue weighted by Crippen LogP contribution is -2.22. The molecule has 1 heterocycles. The highest BCUT2D eigenvalue weighted by Crippen LogP contribution is 2.24. The fourth-order valence-corrected chi connectivity index (χ4v) is 3.79. The van der Waals surface area contributed by atoms with Crippen LogP contribution >= 0.6 is 11.3 Å². The van der Waals surface area contributed by atoms with Gasteiger partial charge in [-0.2, -0.15) is 0 Å². The second kappa shape index (κ2) is 7.60. The predicted octanol–water partition coefficient (Wildman–Crippen LogP) is 4.96. The summed E-state index contributed by atoms with van der Waals surface area (Å²) in [4.78, 5) is 5.87. The minimum Gasteiger partial charge on any atom is -0.383 e. The van der Waals surface area contributed by atoms with Gasteiger partial charge in [0.1, 0.15) is 0 Å². The molecule has 0 amide bonds. The Hall–Kier alpha value is -2.17. The van der Waals surface area contributed by atoms with Crippen molar-refractivity contribution in [2.75, 3.05) is 13.7 Å². The number of nitrogens with zero attached hydrogens (tertiary/aromatic N) is 2. The van der Waals surface area contributed by atoms with Gasteiger partial charge in [0.2, 0.25) is 0 Å². The molecule has 2 aromatic carbocycles. The summed E-state index contributed by atoms with van der Waals surface area (Å²) in [5.41, 5.74) is 4.57. The zero-order valence-electron chi connectivity index (χ0n) is 14.3. The molecule has 4 heteroatoms. The molecule has 1 atom stereocenters. The van der Waals surface area contributed by atoms with Gasteiger partial charge in [0.25, 0.3) is 0 Å². The van der Waals surface area contributed by atoms with Crippen LogP contribution in [0.2, 0.25) is 0 Å². The molecule has 0 unspecified atom stereocenters. The van der Waals surface area contributed by atoms with E-state index in [2.05, 4.69) is 60.2 Å². The quantitative estimate of drug-likeness (QED) is 0.645. The molecule has 3 rings (SSSR count). The van der Waals surface area contributed by atoms with E-state index in [0.717, 1.165) is 10.5 Å². The molecule has 24 heavy (non-hydrogen) atoms. The fraction of sp³-hybridized carbons (Fsp3) is 0.250. The zero-order valence-corrected chi connectivity index (χ0v) is 15.1. The van der Waals surface area contributed by atoms with E-state index in [1.807, 2.05) is 18.2 Å². The number of benzene rings is 2. The van der Waals surface area contributed by atoms with Crippen LogP contribution in [-0.4, -0.2) is 18.3 Å². The van der Waals surface area contributed by atoms with Crippen molar-refractivity contribution in [3.8, 4) is 11.3 Å². The minimum atomic E-state index is 0.208. The van der Waals surface area contributed by atoms with Gasteiger partial charge >= 0.3 is 0 Å². The Labute approximate surface area is 146 Å². The Bertz CT molecular complexity index is 865. The first-order chi connectivity index (χ1) is 11.7. The SMILES string of the molecule is COC[C@@H](C)n1c(-c2ccccc2)csc1=Nc1cccc(C)c1. The monoisotopic (exact) mass is 338 g/mol. The van der Waals surface area contributed by atoms with Crippen molar-refractivity contribution >= 4 is 17.0 Å². The van der Waals surface area contributed by atoms with Crippen molar-refractivity contribution in [1.82, 2.24) is 4.57 Å². The second-order valence-corrected chi connectivity index (χ2v) is 6.73. The molecule has 0 N–H and O–H groups in total. The molecule has 0 aliphatic rings. The Kier molecular flexibility index (Phi) is 5.28. The van der Waals surface area contributed by atoms with Crippen molar-refractivity contribution in [1.29, 1.82) is 0 Å². The lowest BCUT2D eigenvalue weighted by atomic mass is 10.1. The van der Waals surface area contributed by atoms with E-state index >= 15 is 0 Å². The van der Waals surface area contributed by atoms with E-state index in [0.29, 0.717) is 6.61 Å².